The predicted molar refractivity (Wildman–Crippen MR) is 198 cm³/mol. The summed E-state index contributed by atoms with van der Waals surface area (Å²) in [4.78, 5) is 32.6. The van der Waals surface area contributed by atoms with Gasteiger partial charge in [0.2, 0.25) is 11.8 Å². The van der Waals surface area contributed by atoms with E-state index < -0.39 is 16.1 Å². The number of carbonyl (C=O) groups excluding carboxylic acids is 1. The van der Waals surface area contributed by atoms with Gasteiger partial charge < -0.3 is 19.6 Å². The van der Waals surface area contributed by atoms with Crippen LogP contribution in [0.25, 0.3) is 11.3 Å². The third kappa shape index (κ3) is 7.72. The summed E-state index contributed by atoms with van der Waals surface area (Å²) in [7, 11) is -4.19. The number of sulfonamides is 1. The number of nitrogens with zero attached hydrogens (tertiary/aromatic N) is 5. The van der Waals surface area contributed by atoms with Crippen LogP contribution in [0.2, 0.25) is 0 Å². The number of anilines is 2. The number of fused-ring (bicyclic) bond motifs is 4. The van der Waals surface area contributed by atoms with E-state index in [1.165, 1.54) is 12.1 Å². The smallest absolute Gasteiger partial charge is 0.264 e. The van der Waals surface area contributed by atoms with E-state index in [1.54, 1.807) is 23.1 Å². The van der Waals surface area contributed by atoms with Crippen molar-refractivity contribution in [2.45, 2.75) is 90.2 Å². The second-order valence-corrected chi connectivity index (χ2v) is 16.6. The summed E-state index contributed by atoms with van der Waals surface area (Å²) in [6.07, 6.45) is 3.20. The lowest BCUT2D eigenvalue weighted by atomic mass is 9.87. The third-order valence-corrected chi connectivity index (χ3v) is 11.3. The first kappa shape index (κ1) is 36.2. The van der Waals surface area contributed by atoms with Gasteiger partial charge in [-0.1, -0.05) is 58.0 Å². The van der Waals surface area contributed by atoms with Crippen molar-refractivity contribution in [3.05, 3.63) is 89.1 Å². The quantitative estimate of drug-likeness (QED) is 0.219. The topological polar surface area (TPSA) is 138 Å². The molecular weight excluding hydrogens is 665 g/mol. The Bertz CT molecular complexity index is 2000. The number of aliphatic hydroxyl groups excluding tert-OH is 1. The first-order chi connectivity index (χ1) is 24.2. The Labute approximate surface area is 301 Å². The minimum atomic E-state index is -4.19. The molecule has 2 aromatic heterocycles. The fourth-order valence-electron chi connectivity index (χ4n) is 7.37. The van der Waals surface area contributed by atoms with Crippen molar-refractivity contribution in [2.75, 3.05) is 29.4 Å². The number of aliphatic hydroxyl groups is 1. The number of pyridine rings is 1. The molecule has 51 heavy (non-hydrogen) atoms. The number of amides is 1. The van der Waals surface area contributed by atoms with Crippen LogP contribution in [-0.2, 0) is 16.6 Å². The van der Waals surface area contributed by atoms with Crippen molar-refractivity contribution in [2.24, 2.45) is 5.41 Å². The molecule has 4 aromatic rings. The highest BCUT2D eigenvalue weighted by Gasteiger charge is 2.40. The summed E-state index contributed by atoms with van der Waals surface area (Å²) in [6, 6.07) is 19.0. The minimum Gasteiger partial charge on any atom is -0.475 e. The molecule has 4 heterocycles. The largest absolute Gasteiger partial charge is 0.475 e. The standard InChI is InChI=1S/C39H48N6O5S/c1-7-39(25-46)18-11-19-45(39)33-17-10-15-29(40-33)23-44-30(22-38(4,5)6)24-50-34-21-32(35-26(2)12-8-13-27(35)3)41-37(42-34)43-51(48,49)31-16-9-14-28(20-31)36(44)47/h8-10,12-17,20-21,30,46H,7,11,18-19,22-25H2,1-6H3,(H,41,42,43)/t30-,39+/m1/s1. The molecule has 1 amide bonds. The van der Waals surface area contributed by atoms with Crippen LogP contribution in [0.4, 0.5) is 11.8 Å². The first-order valence-corrected chi connectivity index (χ1v) is 19.1. The lowest BCUT2D eigenvalue weighted by molar-refractivity contribution is 0.0509. The fraction of sp³-hybridized carbons (Fsp3) is 0.436. The molecule has 2 aliphatic heterocycles. The Hall–Kier alpha value is -4.55. The molecule has 2 aliphatic rings. The van der Waals surface area contributed by atoms with Gasteiger partial charge in [0, 0.05) is 23.7 Å². The number of nitrogens with one attached hydrogen (secondary N) is 1. The lowest BCUT2D eigenvalue weighted by Crippen LogP contribution is -2.47. The molecule has 6 rings (SSSR count). The number of hydrogen-bond acceptors (Lipinski definition) is 9. The Morgan fingerprint density at radius 1 is 1.00 bits per heavy atom. The lowest BCUT2D eigenvalue weighted by Gasteiger charge is -2.38. The maximum absolute atomic E-state index is 14.6. The summed E-state index contributed by atoms with van der Waals surface area (Å²) in [5.74, 6) is 0.477. The van der Waals surface area contributed by atoms with Crippen molar-refractivity contribution < 1.29 is 23.1 Å². The van der Waals surface area contributed by atoms with E-state index in [-0.39, 0.29) is 58.9 Å². The van der Waals surface area contributed by atoms with E-state index in [0.29, 0.717) is 17.8 Å². The highest BCUT2D eigenvalue weighted by Crippen LogP contribution is 2.36. The Kier molecular flexibility index (Phi) is 10.1. The molecule has 2 atom stereocenters. The molecule has 2 N–H and O–H groups in total. The Balaban J connectivity index is 1.46. The van der Waals surface area contributed by atoms with Gasteiger partial charge in [0.1, 0.15) is 12.4 Å². The zero-order valence-corrected chi connectivity index (χ0v) is 31.1. The molecular formula is C39H48N6O5S. The van der Waals surface area contributed by atoms with E-state index in [4.69, 9.17) is 9.72 Å². The van der Waals surface area contributed by atoms with Crippen molar-refractivity contribution in [3.63, 3.8) is 0 Å². The van der Waals surface area contributed by atoms with Crippen molar-refractivity contribution in [1.29, 1.82) is 0 Å². The second-order valence-electron chi connectivity index (χ2n) is 15.0. The van der Waals surface area contributed by atoms with E-state index in [1.807, 2.05) is 50.2 Å². The maximum Gasteiger partial charge on any atom is 0.264 e. The summed E-state index contributed by atoms with van der Waals surface area (Å²) in [5.41, 5.74) is 3.64. The fourth-order valence-corrected chi connectivity index (χ4v) is 8.36. The van der Waals surface area contributed by atoms with E-state index in [2.05, 4.69) is 47.3 Å². The molecule has 0 radical (unpaired) electrons. The molecule has 0 saturated carbocycles. The number of carbonyl (C=O) groups is 1. The summed E-state index contributed by atoms with van der Waals surface area (Å²) in [5, 5.41) is 10.4. The van der Waals surface area contributed by atoms with Crippen LogP contribution >= 0.6 is 0 Å². The molecule has 11 nitrogen and oxygen atoms in total. The Morgan fingerprint density at radius 3 is 2.43 bits per heavy atom. The molecule has 1 fully saturated rings. The number of hydrogen-bond donors (Lipinski definition) is 2. The van der Waals surface area contributed by atoms with Crippen LogP contribution in [-0.4, -0.2) is 70.6 Å². The SMILES string of the molecule is CC[C@@]1(CO)CCCN1c1cccc(CN2C(=O)c3cccc(c3)S(=O)(=O)Nc3nc(cc(-c4c(C)cccc4C)n3)OC[C@H]2CC(C)(C)C)n1. The maximum atomic E-state index is 14.6. The zero-order chi connectivity index (χ0) is 36.6. The van der Waals surface area contributed by atoms with Crippen LogP contribution in [0.3, 0.4) is 0 Å². The normalized spacial score (nSPS) is 20.5. The van der Waals surface area contributed by atoms with Crippen LogP contribution in [0.1, 0.15) is 80.6 Å². The summed E-state index contributed by atoms with van der Waals surface area (Å²) in [6.45, 7) is 13.4. The zero-order valence-electron chi connectivity index (χ0n) is 30.3. The van der Waals surface area contributed by atoms with E-state index >= 15 is 0 Å². The second kappa shape index (κ2) is 14.2. The number of benzene rings is 2. The monoisotopic (exact) mass is 712 g/mol. The molecule has 0 spiro atoms. The highest BCUT2D eigenvalue weighted by molar-refractivity contribution is 7.92. The first-order valence-electron chi connectivity index (χ1n) is 17.6. The molecule has 12 heteroatoms. The van der Waals surface area contributed by atoms with Gasteiger partial charge in [0.05, 0.1) is 41.0 Å². The summed E-state index contributed by atoms with van der Waals surface area (Å²) >= 11 is 0. The third-order valence-electron chi connectivity index (χ3n) is 9.98. The van der Waals surface area contributed by atoms with Crippen molar-refractivity contribution >= 4 is 27.7 Å². The van der Waals surface area contributed by atoms with Gasteiger partial charge in [0.25, 0.3) is 15.9 Å². The van der Waals surface area contributed by atoms with Gasteiger partial charge in [-0.3, -0.25) is 4.79 Å². The number of ether oxygens (including phenoxy) is 1. The van der Waals surface area contributed by atoms with Crippen molar-refractivity contribution in [3.8, 4) is 17.1 Å². The summed E-state index contributed by atoms with van der Waals surface area (Å²) < 4.78 is 36.5. The molecule has 270 valence electrons. The average Bonchev–Trinajstić information content (AvgIpc) is 3.53. The van der Waals surface area contributed by atoms with Gasteiger partial charge in [-0.2, -0.15) is 4.98 Å². The Morgan fingerprint density at radius 2 is 1.73 bits per heavy atom. The van der Waals surface area contributed by atoms with Gasteiger partial charge in [0.15, 0.2) is 0 Å². The van der Waals surface area contributed by atoms with Gasteiger partial charge in [-0.05, 0) is 86.4 Å². The van der Waals surface area contributed by atoms with Crippen molar-refractivity contribution in [1.82, 2.24) is 19.9 Å². The number of rotatable bonds is 7. The van der Waals surface area contributed by atoms with E-state index in [0.717, 1.165) is 48.3 Å². The van der Waals surface area contributed by atoms with Crippen LogP contribution in [0.15, 0.2) is 71.6 Å². The highest BCUT2D eigenvalue weighted by atomic mass is 32.2. The average molecular weight is 713 g/mol. The molecule has 0 unspecified atom stereocenters. The van der Waals surface area contributed by atoms with E-state index in [9.17, 15) is 18.3 Å². The molecule has 0 aliphatic carbocycles. The number of aromatic nitrogens is 3. The molecule has 1 saturated heterocycles. The minimum absolute atomic E-state index is 0.0367. The number of aryl methyl sites for hydroxylation is 2. The van der Waals surface area contributed by atoms with Crippen LogP contribution in [0, 0.1) is 19.3 Å². The van der Waals surface area contributed by atoms with Crippen LogP contribution < -0.4 is 14.4 Å². The van der Waals surface area contributed by atoms with Gasteiger partial charge >= 0.3 is 0 Å². The van der Waals surface area contributed by atoms with Gasteiger partial charge in [-0.25, -0.2) is 23.1 Å². The molecule has 4 bridgehead atoms. The van der Waals surface area contributed by atoms with Gasteiger partial charge in [-0.15, -0.1) is 0 Å². The molecule has 2 aromatic carbocycles. The van der Waals surface area contributed by atoms with Crippen LogP contribution in [0.5, 0.6) is 5.88 Å². The predicted octanol–water partition coefficient (Wildman–Crippen LogP) is 6.54.